The number of fused-ring (bicyclic) bond motifs is 1. The number of nitrogens with zero attached hydrogens (tertiary/aromatic N) is 7. The van der Waals surface area contributed by atoms with Gasteiger partial charge in [-0.15, -0.1) is 0 Å². The SMILES string of the molecule is CN1CC[C@@](O)(c2cc(-c3cccc(-c4ccnc(Nc5cc6n(n5)CCN(C)C6=O)n4)c3)no2)C1. The van der Waals surface area contributed by atoms with E-state index in [0.29, 0.717) is 60.7 Å². The van der Waals surface area contributed by atoms with Gasteiger partial charge in [0.1, 0.15) is 17.0 Å². The summed E-state index contributed by atoms with van der Waals surface area (Å²) in [6.45, 7) is 2.59. The molecule has 1 aromatic carbocycles. The van der Waals surface area contributed by atoms with Crippen LogP contribution < -0.4 is 5.32 Å². The second-order valence-corrected chi connectivity index (χ2v) is 9.43. The highest BCUT2D eigenvalue weighted by atomic mass is 16.5. The molecule has 1 saturated heterocycles. The molecule has 0 aliphatic carbocycles. The first kappa shape index (κ1) is 22.4. The highest BCUT2D eigenvalue weighted by Gasteiger charge is 2.39. The largest absolute Gasteiger partial charge is 0.380 e. The molecule has 1 fully saturated rings. The molecule has 11 heteroatoms. The standard InChI is InChI=1S/C25H26N8O3/c1-31-9-7-25(35,15-31)21-13-19(30-36-21)17-5-3-4-16(12-17)18-6-8-26-24(27-18)28-22-14-20-23(34)32(2)10-11-33(20)29-22/h3-6,8,12-14,35H,7,9-11,15H2,1-2H3,(H,26,27,28,29)/t25-/m0/s1. The lowest BCUT2D eigenvalue weighted by molar-refractivity contribution is 0.0211. The van der Waals surface area contributed by atoms with E-state index >= 15 is 0 Å². The summed E-state index contributed by atoms with van der Waals surface area (Å²) in [6.07, 6.45) is 2.28. The third kappa shape index (κ3) is 4.01. The summed E-state index contributed by atoms with van der Waals surface area (Å²) in [6, 6.07) is 13.2. The van der Waals surface area contributed by atoms with Gasteiger partial charge in [0.25, 0.3) is 5.91 Å². The molecule has 0 unspecified atom stereocenters. The van der Waals surface area contributed by atoms with E-state index in [-0.39, 0.29) is 5.91 Å². The number of carbonyl (C=O) groups excluding carboxylic acids is 1. The molecular formula is C25H26N8O3. The van der Waals surface area contributed by atoms with Gasteiger partial charge in [0, 0.05) is 56.1 Å². The van der Waals surface area contributed by atoms with Gasteiger partial charge in [-0.2, -0.15) is 5.10 Å². The molecule has 4 aromatic rings. The number of aromatic nitrogens is 5. The quantitative estimate of drug-likeness (QED) is 0.437. The molecule has 2 aliphatic rings. The lowest BCUT2D eigenvalue weighted by Crippen LogP contribution is -2.37. The number of anilines is 2. The number of nitrogens with one attached hydrogen (secondary N) is 1. The second kappa shape index (κ2) is 8.54. The van der Waals surface area contributed by atoms with Crippen molar-refractivity contribution in [1.29, 1.82) is 0 Å². The fourth-order valence-electron chi connectivity index (χ4n) is 4.71. The molecule has 2 N–H and O–H groups in total. The van der Waals surface area contributed by atoms with Crippen LogP contribution in [0.2, 0.25) is 0 Å². The molecule has 3 aromatic heterocycles. The topological polar surface area (TPSA) is 125 Å². The number of hydrogen-bond donors (Lipinski definition) is 2. The molecule has 0 spiro atoms. The Bertz CT molecular complexity index is 1450. The van der Waals surface area contributed by atoms with Crippen LogP contribution in [-0.2, 0) is 12.1 Å². The van der Waals surface area contributed by atoms with Gasteiger partial charge >= 0.3 is 0 Å². The Balaban J connectivity index is 1.24. The summed E-state index contributed by atoms with van der Waals surface area (Å²) in [4.78, 5) is 25.1. The van der Waals surface area contributed by atoms with Gasteiger partial charge in [-0.25, -0.2) is 9.97 Å². The van der Waals surface area contributed by atoms with Crippen molar-refractivity contribution in [3.8, 4) is 22.5 Å². The number of benzene rings is 1. The van der Waals surface area contributed by atoms with Crippen molar-refractivity contribution in [2.24, 2.45) is 0 Å². The Labute approximate surface area is 207 Å². The molecule has 6 rings (SSSR count). The average Bonchev–Trinajstić information content (AvgIpc) is 3.61. The van der Waals surface area contributed by atoms with Crippen LogP contribution >= 0.6 is 0 Å². The maximum atomic E-state index is 12.4. The van der Waals surface area contributed by atoms with Gasteiger partial charge in [-0.3, -0.25) is 9.48 Å². The Hall–Kier alpha value is -4.09. The van der Waals surface area contributed by atoms with Crippen molar-refractivity contribution in [2.75, 3.05) is 39.0 Å². The first-order valence-electron chi connectivity index (χ1n) is 11.8. The lowest BCUT2D eigenvalue weighted by Gasteiger charge is -2.22. The van der Waals surface area contributed by atoms with Gasteiger partial charge in [0.2, 0.25) is 5.95 Å². The van der Waals surface area contributed by atoms with E-state index < -0.39 is 5.60 Å². The Morgan fingerprint density at radius 1 is 1.06 bits per heavy atom. The molecule has 11 nitrogen and oxygen atoms in total. The van der Waals surface area contributed by atoms with E-state index in [1.54, 1.807) is 28.9 Å². The van der Waals surface area contributed by atoms with Gasteiger partial charge in [0.15, 0.2) is 11.6 Å². The third-order valence-electron chi connectivity index (χ3n) is 6.75. The maximum Gasteiger partial charge on any atom is 0.272 e. The normalized spacial score (nSPS) is 20.1. The summed E-state index contributed by atoms with van der Waals surface area (Å²) in [5.74, 6) is 1.32. The zero-order chi connectivity index (χ0) is 24.9. The predicted octanol–water partition coefficient (Wildman–Crippen LogP) is 2.35. The number of likely N-dealkylation sites (N-methyl/N-ethyl adjacent to an activating group) is 2. The second-order valence-electron chi connectivity index (χ2n) is 9.43. The molecule has 5 heterocycles. The van der Waals surface area contributed by atoms with Crippen LogP contribution in [-0.4, -0.2) is 79.4 Å². The molecule has 0 bridgehead atoms. The first-order valence-corrected chi connectivity index (χ1v) is 11.8. The van der Waals surface area contributed by atoms with E-state index in [4.69, 9.17) is 4.52 Å². The maximum absolute atomic E-state index is 12.4. The Morgan fingerprint density at radius 2 is 1.89 bits per heavy atom. The number of amides is 1. The summed E-state index contributed by atoms with van der Waals surface area (Å²) in [7, 11) is 3.75. The monoisotopic (exact) mass is 486 g/mol. The van der Waals surface area contributed by atoms with Crippen molar-refractivity contribution < 1.29 is 14.4 Å². The summed E-state index contributed by atoms with van der Waals surface area (Å²) >= 11 is 0. The Morgan fingerprint density at radius 3 is 2.69 bits per heavy atom. The van der Waals surface area contributed by atoms with Crippen molar-refractivity contribution in [2.45, 2.75) is 18.6 Å². The van der Waals surface area contributed by atoms with Crippen LogP contribution in [0.5, 0.6) is 0 Å². The summed E-state index contributed by atoms with van der Waals surface area (Å²) in [5.41, 5.74) is 2.63. The van der Waals surface area contributed by atoms with Crippen molar-refractivity contribution in [3.63, 3.8) is 0 Å². The number of hydrogen-bond acceptors (Lipinski definition) is 9. The van der Waals surface area contributed by atoms with Gasteiger partial charge in [-0.1, -0.05) is 23.4 Å². The molecule has 0 radical (unpaired) electrons. The fraction of sp³-hybridized carbons (Fsp3) is 0.320. The van der Waals surface area contributed by atoms with E-state index in [1.807, 2.05) is 43.4 Å². The fourth-order valence-corrected chi connectivity index (χ4v) is 4.71. The predicted molar refractivity (Wildman–Crippen MR) is 131 cm³/mol. The number of rotatable bonds is 5. The smallest absolute Gasteiger partial charge is 0.272 e. The van der Waals surface area contributed by atoms with Gasteiger partial charge < -0.3 is 24.7 Å². The number of aliphatic hydroxyl groups is 1. The minimum atomic E-state index is -1.02. The third-order valence-corrected chi connectivity index (χ3v) is 6.75. The molecule has 2 aliphatic heterocycles. The highest BCUT2D eigenvalue weighted by molar-refractivity contribution is 5.94. The van der Waals surface area contributed by atoms with Crippen LogP contribution in [0.1, 0.15) is 22.7 Å². The van der Waals surface area contributed by atoms with Gasteiger partial charge in [0.05, 0.1) is 12.2 Å². The minimum Gasteiger partial charge on any atom is -0.380 e. The van der Waals surface area contributed by atoms with Crippen molar-refractivity contribution in [3.05, 3.63) is 60.1 Å². The van der Waals surface area contributed by atoms with Crippen LogP contribution in [0.3, 0.4) is 0 Å². The van der Waals surface area contributed by atoms with Gasteiger partial charge in [-0.05, 0) is 25.6 Å². The summed E-state index contributed by atoms with van der Waals surface area (Å²) in [5, 5.41) is 22.7. The minimum absolute atomic E-state index is 0.0589. The van der Waals surface area contributed by atoms with E-state index in [2.05, 4.69) is 30.4 Å². The lowest BCUT2D eigenvalue weighted by atomic mass is 9.98. The molecule has 184 valence electrons. The van der Waals surface area contributed by atoms with Crippen LogP contribution in [0, 0.1) is 0 Å². The van der Waals surface area contributed by atoms with Crippen molar-refractivity contribution in [1.82, 2.24) is 34.7 Å². The zero-order valence-electron chi connectivity index (χ0n) is 20.0. The van der Waals surface area contributed by atoms with E-state index in [9.17, 15) is 9.90 Å². The first-order chi connectivity index (χ1) is 17.4. The average molecular weight is 487 g/mol. The molecule has 1 amide bonds. The molecule has 36 heavy (non-hydrogen) atoms. The number of likely N-dealkylation sites (tertiary alicyclic amines) is 1. The van der Waals surface area contributed by atoms with E-state index in [0.717, 1.165) is 17.7 Å². The highest BCUT2D eigenvalue weighted by Crippen LogP contribution is 2.34. The van der Waals surface area contributed by atoms with E-state index in [1.165, 1.54) is 0 Å². The zero-order valence-corrected chi connectivity index (χ0v) is 20.0. The van der Waals surface area contributed by atoms with Crippen molar-refractivity contribution >= 4 is 17.7 Å². The number of β-amino-alcohol motifs (C(OH)–C–C–N with tert-alkyl or cyclic N) is 1. The Kier molecular flexibility index (Phi) is 5.31. The van der Waals surface area contributed by atoms with Crippen LogP contribution in [0.25, 0.3) is 22.5 Å². The van der Waals surface area contributed by atoms with Crippen LogP contribution in [0.15, 0.2) is 53.2 Å². The molecular weight excluding hydrogens is 460 g/mol. The summed E-state index contributed by atoms with van der Waals surface area (Å²) < 4.78 is 7.23. The molecule has 0 saturated carbocycles. The van der Waals surface area contributed by atoms with Crippen LogP contribution in [0.4, 0.5) is 11.8 Å². The number of carbonyl (C=O) groups is 1. The molecule has 1 atom stereocenters.